The third kappa shape index (κ3) is 7.37. The lowest BCUT2D eigenvalue weighted by atomic mass is 9.97. The minimum atomic E-state index is -0.745. The molecule has 3 aromatic rings. The number of thiophene rings is 1. The van der Waals surface area contributed by atoms with E-state index in [4.69, 9.17) is 16.6 Å². The van der Waals surface area contributed by atoms with Gasteiger partial charge in [0.25, 0.3) is 0 Å². The summed E-state index contributed by atoms with van der Waals surface area (Å²) < 4.78 is 0. The standard InChI is InChI=1S/C27H34ClN5O3S2/c1-4-7-32(14-17(2)3)15-23-26(22-10-19(28)16-37-22)31-25(38-23)11-21(34)20-12-30-24(13-29-20)33-8-5-18(6-9-33)27(35)36/h10,12-13,16-18H,4-9,11,14-15H2,1-3H3,(H,35,36). The van der Waals surface area contributed by atoms with Gasteiger partial charge >= 0.3 is 5.97 Å². The number of hydrogen-bond acceptors (Lipinski definition) is 9. The molecule has 0 aliphatic carbocycles. The second-order valence-electron chi connectivity index (χ2n) is 10.1. The molecule has 0 radical (unpaired) electrons. The van der Waals surface area contributed by atoms with Gasteiger partial charge in [-0.1, -0.05) is 32.4 Å². The Morgan fingerprint density at radius 2 is 2.00 bits per heavy atom. The molecular formula is C27H34ClN5O3S2. The zero-order valence-corrected chi connectivity index (χ0v) is 24.4. The number of carbonyl (C=O) groups is 2. The van der Waals surface area contributed by atoms with Gasteiger partial charge in [0, 0.05) is 36.4 Å². The van der Waals surface area contributed by atoms with Crippen molar-refractivity contribution in [2.75, 3.05) is 31.1 Å². The van der Waals surface area contributed by atoms with Crippen molar-refractivity contribution in [3.05, 3.63) is 44.4 Å². The quantitative estimate of drug-likeness (QED) is 0.266. The molecule has 38 heavy (non-hydrogen) atoms. The summed E-state index contributed by atoms with van der Waals surface area (Å²) in [5.74, 6) is 0.0422. The van der Waals surface area contributed by atoms with E-state index in [0.29, 0.717) is 48.4 Å². The summed E-state index contributed by atoms with van der Waals surface area (Å²) in [6, 6.07) is 1.94. The van der Waals surface area contributed by atoms with E-state index in [1.807, 2.05) is 16.3 Å². The smallest absolute Gasteiger partial charge is 0.306 e. The van der Waals surface area contributed by atoms with Gasteiger partial charge in [-0.3, -0.25) is 14.5 Å². The van der Waals surface area contributed by atoms with Crippen molar-refractivity contribution in [1.29, 1.82) is 0 Å². The molecule has 4 heterocycles. The van der Waals surface area contributed by atoms with Crippen molar-refractivity contribution < 1.29 is 14.7 Å². The van der Waals surface area contributed by atoms with Crippen molar-refractivity contribution in [2.45, 2.75) is 53.0 Å². The summed E-state index contributed by atoms with van der Waals surface area (Å²) in [4.78, 5) is 44.7. The number of carboxylic acid groups (broad SMARTS) is 1. The predicted molar refractivity (Wildman–Crippen MR) is 153 cm³/mol. The molecular weight excluding hydrogens is 542 g/mol. The van der Waals surface area contributed by atoms with Crippen LogP contribution in [0.2, 0.25) is 5.02 Å². The highest BCUT2D eigenvalue weighted by atomic mass is 35.5. The van der Waals surface area contributed by atoms with Crippen LogP contribution >= 0.6 is 34.3 Å². The lowest BCUT2D eigenvalue weighted by Gasteiger charge is -2.30. The molecule has 1 N–H and O–H groups in total. The number of halogens is 1. The summed E-state index contributed by atoms with van der Waals surface area (Å²) in [5, 5.41) is 12.6. The third-order valence-electron chi connectivity index (χ3n) is 6.48. The van der Waals surface area contributed by atoms with E-state index < -0.39 is 5.97 Å². The Morgan fingerprint density at radius 3 is 2.58 bits per heavy atom. The molecule has 1 fully saturated rings. The van der Waals surface area contributed by atoms with E-state index in [2.05, 4.69) is 35.6 Å². The number of anilines is 1. The van der Waals surface area contributed by atoms with Crippen LogP contribution in [-0.4, -0.2) is 62.9 Å². The van der Waals surface area contributed by atoms with Crippen LogP contribution in [-0.2, 0) is 17.8 Å². The van der Waals surface area contributed by atoms with Crippen LogP contribution in [0.3, 0.4) is 0 Å². The number of thiazole rings is 1. The van der Waals surface area contributed by atoms with Crippen molar-refractivity contribution in [2.24, 2.45) is 11.8 Å². The van der Waals surface area contributed by atoms with Gasteiger partial charge in [-0.05, 0) is 37.8 Å². The van der Waals surface area contributed by atoms with Gasteiger partial charge in [0.15, 0.2) is 5.78 Å². The minimum absolute atomic E-state index is 0.128. The molecule has 0 saturated carbocycles. The van der Waals surface area contributed by atoms with E-state index in [1.54, 1.807) is 28.9 Å². The fourth-order valence-corrected chi connectivity index (χ4v) is 6.97. The first-order valence-corrected chi connectivity index (χ1v) is 15.1. The van der Waals surface area contributed by atoms with E-state index in [-0.39, 0.29) is 18.1 Å². The van der Waals surface area contributed by atoms with Crippen LogP contribution < -0.4 is 4.90 Å². The number of aliphatic carboxylic acids is 1. The fourth-order valence-electron chi connectivity index (χ4n) is 4.70. The number of nitrogens with zero attached hydrogens (tertiary/aromatic N) is 5. The van der Waals surface area contributed by atoms with E-state index in [1.165, 1.54) is 6.20 Å². The molecule has 1 aliphatic rings. The topological polar surface area (TPSA) is 99.5 Å². The first-order valence-electron chi connectivity index (χ1n) is 13.0. The second-order valence-corrected chi connectivity index (χ2v) is 12.6. The fraction of sp³-hybridized carbons (Fsp3) is 0.519. The van der Waals surface area contributed by atoms with Gasteiger partial charge in [-0.25, -0.2) is 15.0 Å². The number of aromatic nitrogens is 3. The van der Waals surface area contributed by atoms with Crippen LogP contribution in [0.15, 0.2) is 23.8 Å². The molecule has 1 aliphatic heterocycles. The summed E-state index contributed by atoms with van der Waals surface area (Å²) in [7, 11) is 0. The maximum absolute atomic E-state index is 13.1. The van der Waals surface area contributed by atoms with Gasteiger partial charge in [0.1, 0.15) is 16.5 Å². The average molecular weight is 576 g/mol. The normalized spacial score (nSPS) is 14.5. The van der Waals surface area contributed by atoms with Gasteiger partial charge < -0.3 is 10.0 Å². The van der Waals surface area contributed by atoms with E-state index in [0.717, 1.165) is 46.5 Å². The number of Topliss-reactive ketones (excluding diaryl/α,β-unsaturated/α-hetero) is 1. The molecule has 8 nitrogen and oxygen atoms in total. The number of ketones is 1. The summed E-state index contributed by atoms with van der Waals surface area (Å²) in [5.41, 5.74) is 1.21. The molecule has 0 spiro atoms. The molecule has 204 valence electrons. The van der Waals surface area contributed by atoms with Crippen molar-refractivity contribution in [3.8, 4) is 10.6 Å². The Bertz CT molecular complexity index is 1240. The van der Waals surface area contributed by atoms with Gasteiger partial charge in [-0.15, -0.1) is 22.7 Å². The largest absolute Gasteiger partial charge is 0.481 e. The van der Waals surface area contributed by atoms with Crippen LogP contribution in [0.4, 0.5) is 5.82 Å². The first kappa shape index (κ1) is 28.6. The van der Waals surface area contributed by atoms with Crippen LogP contribution in [0.5, 0.6) is 0 Å². The molecule has 11 heteroatoms. The van der Waals surface area contributed by atoms with Crippen LogP contribution in [0.1, 0.15) is 60.4 Å². The highest BCUT2D eigenvalue weighted by Crippen LogP contribution is 2.35. The Morgan fingerprint density at radius 1 is 1.24 bits per heavy atom. The highest BCUT2D eigenvalue weighted by Gasteiger charge is 2.26. The molecule has 3 aromatic heterocycles. The van der Waals surface area contributed by atoms with Crippen LogP contribution in [0, 0.1) is 11.8 Å². The summed E-state index contributed by atoms with van der Waals surface area (Å²) >= 11 is 9.37. The Kier molecular flexibility index (Phi) is 9.86. The summed E-state index contributed by atoms with van der Waals surface area (Å²) in [6.07, 6.45) is 5.51. The van der Waals surface area contributed by atoms with Gasteiger partial charge in [0.2, 0.25) is 0 Å². The average Bonchev–Trinajstić information content (AvgIpc) is 3.49. The maximum atomic E-state index is 13.1. The molecule has 0 amide bonds. The number of piperidine rings is 1. The number of carbonyl (C=O) groups excluding carboxylic acids is 1. The van der Waals surface area contributed by atoms with Crippen molar-refractivity contribution in [1.82, 2.24) is 19.9 Å². The SMILES string of the molecule is CCCN(Cc1sc(CC(=O)c2cnc(N3CCC(C(=O)O)CC3)cn2)nc1-c1cc(Cl)cs1)CC(C)C. The molecule has 0 aromatic carbocycles. The maximum Gasteiger partial charge on any atom is 0.306 e. The lowest BCUT2D eigenvalue weighted by Crippen LogP contribution is -2.36. The first-order chi connectivity index (χ1) is 18.2. The molecule has 0 bridgehead atoms. The lowest BCUT2D eigenvalue weighted by molar-refractivity contribution is -0.142. The second kappa shape index (κ2) is 13.1. The van der Waals surface area contributed by atoms with E-state index in [9.17, 15) is 14.7 Å². The highest BCUT2D eigenvalue weighted by molar-refractivity contribution is 7.15. The monoisotopic (exact) mass is 575 g/mol. The van der Waals surface area contributed by atoms with Crippen LogP contribution in [0.25, 0.3) is 10.6 Å². The number of hydrogen-bond donors (Lipinski definition) is 1. The molecule has 0 atom stereocenters. The molecule has 0 unspecified atom stereocenters. The number of rotatable bonds is 12. The molecule has 4 rings (SSSR count). The minimum Gasteiger partial charge on any atom is -0.481 e. The Hall–Kier alpha value is -2.40. The third-order valence-corrected chi connectivity index (χ3v) is 8.80. The van der Waals surface area contributed by atoms with Crippen molar-refractivity contribution in [3.63, 3.8) is 0 Å². The van der Waals surface area contributed by atoms with Gasteiger partial charge in [0.05, 0.1) is 40.3 Å². The zero-order chi connectivity index (χ0) is 27.2. The van der Waals surface area contributed by atoms with E-state index >= 15 is 0 Å². The van der Waals surface area contributed by atoms with Gasteiger partial charge in [-0.2, -0.15) is 0 Å². The summed E-state index contributed by atoms with van der Waals surface area (Å²) in [6.45, 7) is 10.7. The number of carboxylic acids is 1. The molecule has 1 saturated heterocycles. The zero-order valence-electron chi connectivity index (χ0n) is 22.0. The Balaban J connectivity index is 1.48. The predicted octanol–water partition coefficient (Wildman–Crippen LogP) is 5.91. The van der Waals surface area contributed by atoms with Crippen molar-refractivity contribution >= 4 is 51.8 Å². The Labute approximate surface area is 236 Å².